The van der Waals surface area contributed by atoms with Crippen molar-refractivity contribution >= 4 is 42.6 Å². The number of rotatable bonds is 8. The van der Waals surface area contributed by atoms with E-state index in [9.17, 15) is 17.6 Å². The fraction of sp³-hybridized carbons (Fsp3) is 0.440. The maximum atomic E-state index is 13.7. The van der Waals surface area contributed by atoms with Gasteiger partial charge in [0.25, 0.3) is 0 Å². The summed E-state index contributed by atoms with van der Waals surface area (Å²) < 4.78 is 41.6. The van der Waals surface area contributed by atoms with Gasteiger partial charge < -0.3 is 4.90 Å². The van der Waals surface area contributed by atoms with Gasteiger partial charge in [0.1, 0.15) is 5.82 Å². The molecule has 0 atom stereocenters. The van der Waals surface area contributed by atoms with Gasteiger partial charge in [0.05, 0.1) is 15.1 Å². The van der Waals surface area contributed by atoms with E-state index in [0.717, 1.165) is 40.9 Å². The highest BCUT2D eigenvalue weighted by molar-refractivity contribution is 7.89. The van der Waals surface area contributed by atoms with Crippen LogP contribution in [0.3, 0.4) is 0 Å². The van der Waals surface area contributed by atoms with E-state index < -0.39 is 15.8 Å². The third-order valence-corrected chi connectivity index (χ3v) is 9.23. The zero-order valence-corrected chi connectivity index (χ0v) is 21.9. The first-order valence-electron chi connectivity index (χ1n) is 11.7. The number of thiazole rings is 1. The topological polar surface area (TPSA) is 73.8 Å². The number of carbonyl (C=O) groups excluding carboxylic acids is 1. The van der Waals surface area contributed by atoms with Crippen LogP contribution in [0.1, 0.15) is 24.8 Å². The van der Waals surface area contributed by atoms with E-state index in [1.807, 2.05) is 33.2 Å². The minimum absolute atomic E-state index is 0.00151. The molecule has 3 aromatic rings. The van der Waals surface area contributed by atoms with Gasteiger partial charge in [0.15, 0.2) is 5.13 Å². The zero-order valence-electron chi connectivity index (χ0n) is 20.3. The lowest BCUT2D eigenvalue weighted by atomic mass is 9.96. The highest BCUT2D eigenvalue weighted by Crippen LogP contribution is 2.32. The predicted octanol–water partition coefficient (Wildman–Crippen LogP) is 4.13. The molecule has 2 heterocycles. The summed E-state index contributed by atoms with van der Waals surface area (Å²) in [5.41, 5.74) is 2.02. The lowest BCUT2D eigenvalue weighted by Gasteiger charge is -2.33. The average Bonchev–Trinajstić information content (AvgIpc) is 3.24. The maximum absolute atomic E-state index is 13.7. The SMILES string of the molecule is Cc1ccc2nc(N(CCCN(C)C)C(=O)C3CCN(S(=O)(=O)c4ccc(F)cc4)CC3)sc2c1. The van der Waals surface area contributed by atoms with Crippen molar-refractivity contribution in [3.8, 4) is 0 Å². The maximum Gasteiger partial charge on any atom is 0.243 e. The van der Waals surface area contributed by atoms with Crippen LogP contribution in [0.5, 0.6) is 0 Å². The Morgan fingerprint density at radius 2 is 1.80 bits per heavy atom. The second-order valence-electron chi connectivity index (χ2n) is 9.25. The molecule has 1 saturated heterocycles. The van der Waals surface area contributed by atoms with Crippen LogP contribution in [-0.2, 0) is 14.8 Å². The largest absolute Gasteiger partial charge is 0.309 e. The molecule has 2 aromatic carbocycles. The summed E-state index contributed by atoms with van der Waals surface area (Å²) >= 11 is 1.52. The summed E-state index contributed by atoms with van der Waals surface area (Å²) in [5.74, 6) is -0.756. The summed E-state index contributed by atoms with van der Waals surface area (Å²) in [6.45, 7) is 3.94. The second kappa shape index (κ2) is 10.7. The van der Waals surface area contributed by atoms with E-state index in [4.69, 9.17) is 4.98 Å². The standard InChI is InChI=1S/C25H31FN4O3S2/c1-18-5-10-22-23(17-18)34-25(27-22)30(14-4-13-28(2)3)24(31)19-11-15-29(16-12-19)35(32,33)21-8-6-20(26)7-9-21/h5-10,17,19H,4,11-16H2,1-3H3. The lowest BCUT2D eigenvalue weighted by molar-refractivity contribution is -0.123. The number of sulfonamides is 1. The molecule has 35 heavy (non-hydrogen) atoms. The lowest BCUT2D eigenvalue weighted by Crippen LogP contribution is -2.45. The van der Waals surface area contributed by atoms with E-state index in [0.29, 0.717) is 24.5 Å². The van der Waals surface area contributed by atoms with Crippen LogP contribution in [0.15, 0.2) is 47.4 Å². The van der Waals surface area contributed by atoms with Crippen LogP contribution in [0.2, 0.25) is 0 Å². The summed E-state index contributed by atoms with van der Waals surface area (Å²) in [5, 5.41) is 0.690. The molecular formula is C25H31FN4O3S2. The summed E-state index contributed by atoms with van der Waals surface area (Å²) in [6.07, 6.45) is 1.69. The molecule has 1 aliphatic heterocycles. The Morgan fingerprint density at radius 1 is 1.11 bits per heavy atom. The van der Waals surface area contributed by atoms with Gasteiger partial charge >= 0.3 is 0 Å². The van der Waals surface area contributed by atoms with Gasteiger partial charge in [-0.15, -0.1) is 0 Å². The summed E-state index contributed by atoms with van der Waals surface area (Å²) in [7, 11) is 0.288. The highest BCUT2D eigenvalue weighted by Gasteiger charge is 2.35. The Bertz CT molecular complexity index is 1280. The number of halogens is 1. The van der Waals surface area contributed by atoms with Gasteiger partial charge in [-0.1, -0.05) is 17.4 Å². The zero-order chi connectivity index (χ0) is 25.2. The van der Waals surface area contributed by atoms with Crippen LogP contribution < -0.4 is 4.90 Å². The third kappa shape index (κ3) is 5.88. The molecule has 1 aromatic heterocycles. The molecule has 7 nitrogen and oxygen atoms in total. The quantitative estimate of drug-likeness (QED) is 0.448. The molecule has 0 saturated carbocycles. The minimum atomic E-state index is -3.72. The fourth-order valence-electron chi connectivity index (χ4n) is 4.30. The number of anilines is 1. The number of carbonyl (C=O) groups is 1. The van der Waals surface area contributed by atoms with Crippen molar-refractivity contribution < 1.29 is 17.6 Å². The number of aromatic nitrogens is 1. The Balaban J connectivity index is 1.49. The number of piperidine rings is 1. The number of aryl methyl sites for hydroxylation is 1. The third-order valence-electron chi connectivity index (χ3n) is 6.27. The molecule has 0 spiro atoms. The van der Waals surface area contributed by atoms with Gasteiger partial charge in [0, 0.05) is 25.6 Å². The summed E-state index contributed by atoms with van der Waals surface area (Å²) in [6, 6.07) is 10.9. The van der Waals surface area contributed by atoms with Crippen LogP contribution in [0.4, 0.5) is 9.52 Å². The van der Waals surface area contributed by atoms with Crippen LogP contribution in [-0.4, -0.2) is 68.8 Å². The molecule has 1 amide bonds. The minimum Gasteiger partial charge on any atom is -0.309 e. The number of hydrogen-bond donors (Lipinski definition) is 0. The number of nitrogens with zero attached hydrogens (tertiary/aromatic N) is 4. The average molecular weight is 519 g/mol. The van der Waals surface area contributed by atoms with Crippen LogP contribution in [0.25, 0.3) is 10.2 Å². The molecule has 0 radical (unpaired) electrons. The first-order valence-corrected chi connectivity index (χ1v) is 14.0. The van der Waals surface area contributed by atoms with Crippen LogP contribution >= 0.6 is 11.3 Å². The molecule has 0 N–H and O–H groups in total. The first-order chi connectivity index (χ1) is 16.6. The Labute approximate surface area is 210 Å². The van der Waals surface area contributed by atoms with Crippen LogP contribution in [0, 0.1) is 18.7 Å². The van der Waals surface area contributed by atoms with Gasteiger partial charge in [-0.05, 0) is 88.8 Å². The van der Waals surface area contributed by atoms with Gasteiger partial charge in [0.2, 0.25) is 15.9 Å². The van der Waals surface area contributed by atoms with Gasteiger partial charge in [-0.25, -0.2) is 17.8 Å². The van der Waals surface area contributed by atoms with Crippen molar-refractivity contribution in [1.82, 2.24) is 14.2 Å². The van der Waals surface area contributed by atoms with Gasteiger partial charge in [-0.2, -0.15) is 4.31 Å². The molecule has 10 heteroatoms. The Hall–Kier alpha value is -2.40. The van der Waals surface area contributed by atoms with Crippen molar-refractivity contribution in [2.45, 2.75) is 31.1 Å². The second-order valence-corrected chi connectivity index (χ2v) is 12.2. The molecular weight excluding hydrogens is 487 g/mol. The first kappa shape index (κ1) is 25.7. The smallest absolute Gasteiger partial charge is 0.243 e. The van der Waals surface area contributed by atoms with Crippen molar-refractivity contribution in [3.63, 3.8) is 0 Å². The van der Waals surface area contributed by atoms with E-state index in [1.54, 1.807) is 4.90 Å². The number of benzene rings is 2. The Morgan fingerprint density at radius 3 is 2.46 bits per heavy atom. The monoisotopic (exact) mass is 518 g/mol. The molecule has 188 valence electrons. The molecule has 0 aliphatic carbocycles. The molecule has 4 rings (SSSR count). The van der Waals surface area contributed by atoms with Crippen molar-refractivity contribution in [3.05, 3.63) is 53.8 Å². The van der Waals surface area contributed by atoms with E-state index in [-0.39, 0.29) is 29.8 Å². The predicted molar refractivity (Wildman–Crippen MR) is 138 cm³/mol. The normalized spacial score (nSPS) is 15.7. The number of fused-ring (bicyclic) bond motifs is 1. The number of hydrogen-bond acceptors (Lipinski definition) is 6. The van der Waals surface area contributed by atoms with Crippen molar-refractivity contribution in [1.29, 1.82) is 0 Å². The van der Waals surface area contributed by atoms with Crippen molar-refractivity contribution in [2.75, 3.05) is 45.2 Å². The van der Waals surface area contributed by atoms with E-state index in [2.05, 4.69) is 11.0 Å². The molecule has 0 bridgehead atoms. The van der Waals surface area contributed by atoms with Crippen molar-refractivity contribution in [2.24, 2.45) is 5.92 Å². The van der Waals surface area contributed by atoms with E-state index >= 15 is 0 Å². The highest BCUT2D eigenvalue weighted by atomic mass is 32.2. The Kier molecular flexibility index (Phi) is 7.85. The fourth-order valence-corrected chi connectivity index (χ4v) is 6.86. The van der Waals surface area contributed by atoms with E-state index in [1.165, 1.54) is 27.8 Å². The molecule has 1 aliphatic rings. The molecule has 1 fully saturated rings. The number of amides is 1. The van der Waals surface area contributed by atoms with Gasteiger partial charge in [-0.3, -0.25) is 9.69 Å². The molecule has 0 unspecified atom stereocenters. The summed E-state index contributed by atoms with van der Waals surface area (Å²) in [4.78, 5) is 22.3.